The minimum absolute atomic E-state index is 0.649. The maximum Gasteiger partial charge on any atom is 0.138 e. The van der Waals surface area contributed by atoms with Crippen LogP contribution in [0.15, 0.2) is 58.1 Å². The van der Waals surface area contributed by atoms with Crippen LogP contribution in [0, 0.1) is 0 Å². The van der Waals surface area contributed by atoms with E-state index in [0.29, 0.717) is 6.54 Å². The third-order valence-electron chi connectivity index (χ3n) is 2.89. The molecule has 0 aliphatic rings. The Morgan fingerprint density at radius 2 is 1.95 bits per heavy atom. The largest absolute Gasteiger partial charge is 0.379 e. The lowest BCUT2D eigenvalue weighted by Gasteiger charge is -2.08. The van der Waals surface area contributed by atoms with E-state index in [-0.39, 0.29) is 0 Å². The molecule has 0 amide bonds. The van der Waals surface area contributed by atoms with Gasteiger partial charge in [0, 0.05) is 20.8 Å². The van der Waals surface area contributed by atoms with Gasteiger partial charge in [-0.3, -0.25) is 4.98 Å². The van der Waals surface area contributed by atoms with Crippen LogP contribution < -0.4 is 5.32 Å². The maximum absolute atomic E-state index is 4.37. The number of benzene rings is 1. The first-order valence-corrected chi connectivity index (χ1v) is 7.80. The van der Waals surface area contributed by atoms with Crippen molar-refractivity contribution in [3.8, 4) is 5.69 Å². The summed E-state index contributed by atoms with van der Waals surface area (Å²) in [4.78, 5) is 8.31. The first kappa shape index (κ1) is 14.2. The molecule has 3 rings (SSSR count). The summed E-state index contributed by atoms with van der Waals surface area (Å²) in [7, 11) is 0. The number of hydrogen-bond acceptors (Lipinski definition) is 4. The zero-order valence-electron chi connectivity index (χ0n) is 10.9. The molecule has 0 atom stereocenters. The number of anilines is 1. The third-order valence-corrected chi connectivity index (χ3v) is 4.01. The second-order valence-electron chi connectivity index (χ2n) is 4.32. The van der Waals surface area contributed by atoms with Gasteiger partial charge in [-0.2, -0.15) is 5.10 Å². The van der Waals surface area contributed by atoms with Gasteiger partial charge >= 0.3 is 0 Å². The molecule has 5 nitrogen and oxygen atoms in total. The van der Waals surface area contributed by atoms with Crippen molar-refractivity contribution in [2.45, 2.75) is 6.54 Å². The van der Waals surface area contributed by atoms with E-state index in [4.69, 9.17) is 0 Å². The smallest absolute Gasteiger partial charge is 0.138 e. The van der Waals surface area contributed by atoms with Crippen LogP contribution in [-0.4, -0.2) is 19.7 Å². The molecule has 2 aromatic heterocycles. The standard InChI is InChI=1S/C14H11Br2N5/c15-10-5-13(16)14(19-6-10)7-18-11-1-3-12(4-2-11)21-9-17-8-20-21/h1-6,8-9,18H,7H2. The Hall–Kier alpha value is -1.73. The van der Waals surface area contributed by atoms with E-state index in [1.165, 1.54) is 6.33 Å². The fourth-order valence-electron chi connectivity index (χ4n) is 1.83. The van der Waals surface area contributed by atoms with Crippen molar-refractivity contribution in [2.75, 3.05) is 5.32 Å². The molecule has 3 aromatic rings. The molecule has 21 heavy (non-hydrogen) atoms. The van der Waals surface area contributed by atoms with Gasteiger partial charge in [0.25, 0.3) is 0 Å². The van der Waals surface area contributed by atoms with Crippen LogP contribution in [0.2, 0.25) is 0 Å². The number of hydrogen-bond donors (Lipinski definition) is 1. The molecule has 0 aliphatic carbocycles. The molecule has 0 fully saturated rings. The van der Waals surface area contributed by atoms with E-state index in [1.54, 1.807) is 17.2 Å². The first-order chi connectivity index (χ1) is 10.2. The average Bonchev–Trinajstić information content (AvgIpc) is 3.01. The van der Waals surface area contributed by atoms with E-state index < -0.39 is 0 Å². The number of nitrogens with zero attached hydrogens (tertiary/aromatic N) is 4. The van der Waals surface area contributed by atoms with E-state index >= 15 is 0 Å². The van der Waals surface area contributed by atoms with Crippen LogP contribution in [0.5, 0.6) is 0 Å². The Kier molecular flexibility index (Phi) is 4.31. The summed E-state index contributed by atoms with van der Waals surface area (Å²) in [6.07, 6.45) is 4.98. The van der Waals surface area contributed by atoms with E-state index in [2.05, 4.69) is 52.2 Å². The van der Waals surface area contributed by atoms with Gasteiger partial charge < -0.3 is 5.32 Å². The number of halogens is 2. The SMILES string of the molecule is Brc1cnc(CNc2ccc(-n3cncn3)cc2)c(Br)c1. The molecular weight excluding hydrogens is 398 g/mol. The lowest BCUT2D eigenvalue weighted by atomic mass is 10.2. The van der Waals surface area contributed by atoms with Crippen molar-refractivity contribution in [1.82, 2.24) is 19.7 Å². The fourth-order valence-corrected chi connectivity index (χ4v) is 2.96. The van der Waals surface area contributed by atoms with Crippen molar-refractivity contribution in [2.24, 2.45) is 0 Å². The monoisotopic (exact) mass is 407 g/mol. The van der Waals surface area contributed by atoms with Crippen molar-refractivity contribution in [1.29, 1.82) is 0 Å². The van der Waals surface area contributed by atoms with E-state index in [9.17, 15) is 0 Å². The number of nitrogens with one attached hydrogen (secondary N) is 1. The fraction of sp³-hybridized carbons (Fsp3) is 0.0714. The molecule has 1 aromatic carbocycles. The van der Waals surface area contributed by atoms with Gasteiger partial charge in [-0.15, -0.1) is 0 Å². The molecular formula is C14H11Br2N5. The Morgan fingerprint density at radius 3 is 2.62 bits per heavy atom. The van der Waals surface area contributed by atoms with Crippen molar-refractivity contribution >= 4 is 37.5 Å². The number of pyridine rings is 1. The topological polar surface area (TPSA) is 55.6 Å². The second kappa shape index (κ2) is 6.36. The number of rotatable bonds is 4. The van der Waals surface area contributed by atoms with Gasteiger partial charge in [0.05, 0.1) is 17.9 Å². The molecule has 0 radical (unpaired) electrons. The average molecular weight is 409 g/mol. The van der Waals surface area contributed by atoms with Crippen LogP contribution >= 0.6 is 31.9 Å². The zero-order valence-corrected chi connectivity index (χ0v) is 14.0. The highest BCUT2D eigenvalue weighted by Gasteiger charge is 2.03. The van der Waals surface area contributed by atoms with Gasteiger partial charge in [-0.25, -0.2) is 9.67 Å². The Labute approximate surface area is 138 Å². The molecule has 2 heterocycles. The van der Waals surface area contributed by atoms with Gasteiger partial charge in [0.1, 0.15) is 12.7 Å². The number of aromatic nitrogens is 4. The third kappa shape index (κ3) is 3.48. The summed E-state index contributed by atoms with van der Waals surface area (Å²) in [5, 5.41) is 7.43. The molecule has 7 heteroatoms. The molecule has 0 saturated heterocycles. The molecule has 0 bridgehead atoms. The molecule has 0 spiro atoms. The van der Waals surface area contributed by atoms with E-state index in [1.807, 2.05) is 30.3 Å². The minimum atomic E-state index is 0.649. The van der Waals surface area contributed by atoms with Crippen molar-refractivity contribution in [3.63, 3.8) is 0 Å². The van der Waals surface area contributed by atoms with Crippen molar-refractivity contribution in [3.05, 3.63) is 63.8 Å². The van der Waals surface area contributed by atoms with Crippen LogP contribution in [0.3, 0.4) is 0 Å². The van der Waals surface area contributed by atoms with Crippen LogP contribution in [0.25, 0.3) is 5.69 Å². The van der Waals surface area contributed by atoms with Gasteiger partial charge in [0.2, 0.25) is 0 Å². The van der Waals surface area contributed by atoms with Crippen LogP contribution in [0.1, 0.15) is 5.69 Å². The normalized spacial score (nSPS) is 10.6. The predicted molar refractivity (Wildman–Crippen MR) is 88.3 cm³/mol. The zero-order chi connectivity index (χ0) is 14.7. The quantitative estimate of drug-likeness (QED) is 0.713. The van der Waals surface area contributed by atoms with Crippen LogP contribution in [-0.2, 0) is 6.54 Å². The summed E-state index contributed by atoms with van der Waals surface area (Å²) in [5.74, 6) is 0. The highest BCUT2D eigenvalue weighted by atomic mass is 79.9. The van der Waals surface area contributed by atoms with Crippen LogP contribution in [0.4, 0.5) is 5.69 Å². The summed E-state index contributed by atoms with van der Waals surface area (Å²) >= 11 is 6.90. The Balaban J connectivity index is 1.68. The lowest BCUT2D eigenvalue weighted by Crippen LogP contribution is -2.03. The summed E-state index contributed by atoms with van der Waals surface area (Å²) < 4.78 is 3.65. The van der Waals surface area contributed by atoms with Gasteiger partial charge in [-0.05, 0) is 62.2 Å². The summed E-state index contributed by atoms with van der Waals surface area (Å²) in [6.45, 7) is 0.649. The maximum atomic E-state index is 4.37. The highest BCUT2D eigenvalue weighted by Crippen LogP contribution is 2.21. The summed E-state index contributed by atoms with van der Waals surface area (Å²) in [6, 6.07) is 9.97. The molecule has 106 valence electrons. The first-order valence-electron chi connectivity index (χ1n) is 6.21. The highest BCUT2D eigenvalue weighted by molar-refractivity contribution is 9.11. The molecule has 0 unspecified atom stereocenters. The molecule has 0 aliphatic heterocycles. The van der Waals surface area contributed by atoms with Gasteiger partial charge in [-0.1, -0.05) is 0 Å². The van der Waals surface area contributed by atoms with Crippen molar-refractivity contribution < 1.29 is 0 Å². The lowest BCUT2D eigenvalue weighted by molar-refractivity contribution is 0.879. The van der Waals surface area contributed by atoms with Gasteiger partial charge in [0.15, 0.2) is 0 Å². The Bertz CT molecular complexity index is 726. The summed E-state index contributed by atoms with van der Waals surface area (Å²) in [5.41, 5.74) is 2.95. The minimum Gasteiger partial charge on any atom is -0.379 e. The Morgan fingerprint density at radius 1 is 1.14 bits per heavy atom. The second-order valence-corrected chi connectivity index (χ2v) is 6.09. The molecule has 0 saturated carbocycles. The predicted octanol–water partition coefficient (Wildman–Crippen LogP) is 3.80. The van der Waals surface area contributed by atoms with E-state index in [0.717, 1.165) is 26.0 Å². The molecule has 1 N–H and O–H groups in total.